The highest BCUT2D eigenvalue weighted by Crippen LogP contribution is 2.45. The van der Waals surface area contributed by atoms with Crippen LogP contribution in [0.25, 0.3) is 0 Å². The maximum absolute atomic E-state index is 4.48. The van der Waals surface area contributed by atoms with E-state index >= 15 is 0 Å². The second-order valence-electron chi connectivity index (χ2n) is 5.83. The third-order valence-electron chi connectivity index (χ3n) is 3.76. The van der Waals surface area contributed by atoms with E-state index in [9.17, 15) is 0 Å². The number of hydrogen-bond acceptors (Lipinski definition) is 1. The molecule has 1 heteroatoms. The Kier molecular flexibility index (Phi) is 2.81. The minimum absolute atomic E-state index is 0.462. The highest BCUT2D eigenvalue weighted by molar-refractivity contribution is 5.11. The fourth-order valence-electron chi connectivity index (χ4n) is 2.65. The van der Waals surface area contributed by atoms with E-state index in [0.717, 1.165) is 5.92 Å². The van der Waals surface area contributed by atoms with E-state index in [1.807, 2.05) is 12.3 Å². The van der Waals surface area contributed by atoms with Crippen molar-refractivity contribution in [1.29, 1.82) is 0 Å². The van der Waals surface area contributed by atoms with Crippen LogP contribution in [0.15, 0.2) is 24.4 Å². The molecule has 0 bridgehead atoms. The first-order valence-corrected chi connectivity index (χ1v) is 5.98. The fourth-order valence-corrected chi connectivity index (χ4v) is 2.65. The Bertz CT molecular complexity index is 310. The monoisotopic (exact) mass is 203 g/mol. The number of nitrogens with zero attached hydrogens (tertiary/aromatic N) is 1. The second-order valence-corrected chi connectivity index (χ2v) is 5.83. The van der Waals surface area contributed by atoms with Crippen LogP contribution < -0.4 is 0 Å². The summed E-state index contributed by atoms with van der Waals surface area (Å²) in [7, 11) is 0. The van der Waals surface area contributed by atoms with Crippen molar-refractivity contribution in [1.82, 2.24) is 4.98 Å². The van der Waals surface area contributed by atoms with Crippen molar-refractivity contribution in [3.05, 3.63) is 30.1 Å². The van der Waals surface area contributed by atoms with Gasteiger partial charge < -0.3 is 0 Å². The van der Waals surface area contributed by atoms with Gasteiger partial charge in [-0.05, 0) is 42.7 Å². The van der Waals surface area contributed by atoms with Crippen LogP contribution in [0.3, 0.4) is 0 Å². The summed E-state index contributed by atoms with van der Waals surface area (Å²) in [4.78, 5) is 4.48. The van der Waals surface area contributed by atoms with E-state index in [0.29, 0.717) is 11.3 Å². The zero-order chi connectivity index (χ0) is 10.9. The van der Waals surface area contributed by atoms with E-state index in [1.54, 1.807) is 0 Å². The zero-order valence-electron chi connectivity index (χ0n) is 10.0. The van der Waals surface area contributed by atoms with Gasteiger partial charge in [0.15, 0.2) is 0 Å². The Hall–Kier alpha value is -0.850. The lowest BCUT2D eigenvalue weighted by Gasteiger charge is -2.26. The maximum Gasteiger partial charge on any atom is 0.0434 e. The molecule has 15 heavy (non-hydrogen) atoms. The Morgan fingerprint density at radius 3 is 2.53 bits per heavy atom. The van der Waals surface area contributed by atoms with E-state index < -0.39 is 0 Å². The van der Waals surface area contributed by atoms with Crippen LogP contribution in [0, 0.1) is 11.3 Å². The van der Waals surface area contributed by atoms with Gasteiger partial charge in [-0.1, -0.05) is 26.8 Å². The third-order valence-corrected chi connectivity index (χ3v) is 3.76. The molecule has 2 atom stereocenters. The van der Waals surface area contributed by atoms with Crippen LogP contribution in [0.5, 0.6) is 0 Å². The van der Waals surface area contributed by atoms with Crippen LogP contribution in [-0.2, 0) is 0 Å². The molecule has 0 spiro atoms. The Morgan fingerprint density at radius 1 is 1.20 bits per heavy atom. The summed E-state index contributed by atoms with van der Waals surface area (Å²) in [6.07, 6.45) is 5.92. The first-order valence-electron chi connectivity index (χ1n) is 5.98. The molecule has 0 radical (unpaired) electrons. The molecule has 0 aliphatic heterocycles. The number of pyridine rings is 1. The van der Waals surface area contributed by atoms with Crippen molar-refractivity contribution in [3.8, 4) is 0 Å². The van der Waals surface area contributed by atoms with E-state index in [2.05, 4.69) is 37.9 Å². The molecule has 2 rings (SSSR count). The second kappa shape index (κ2) is 3.96. The normalized spacial score (nSPS) is 26.9. The van der Waals surface area contributed by atoms with E-state index in [4.69, 9.17) is 0 Å². The summed E-state index contributed by atoms with van der Waals surface area (Å²) in [6, 6.07) is 6.28. The smallest absolute Gasteiger partial charge is 0.0434 e. The molecule has 1 fully saturated rings. The van der Waals surface area contributed by atoms with Crippen LogP contribution in [0.1, 0.15) is 51.6 Å². The van der Waals surface area contributed by atoms with Crippen molar-refractivity contribution in [3.63, 3.8) is 0 Å². The largest absolute Gasteiger partial charge is 0.261 e. The molecule has 0 N–H and O–H groups in total. The van der Waals surface area contributed by atoms with Gasteiger partial charge in [0.05, 0.1) is 0 Å². The van der Waals surface area contributed by atoms with Gasteiger partial charge in [0, 0.05) is 17.8 Å². The average Bonchev–Trinajstić information content (AvgIpc) is 2.67. The molecular weight excluding hydrogens is 182 g/mol. The third kappa shape index (κ3) is 2.39. The minimum atomic E-state index is 0.462. The summed E-state index contributed by atoms with van der Waals surface area (Å²) in [5.41, 5.74) is 1.76. The summed E-state index contributed by atoms with van der Waals surface area (Å²) in [5.74, 6) is 1.57. The van der Waals surface area contributed by atoms with Crippen molar-refractivity contribution in [2.75, 3.05) is 0 Å². The number of hydrogen-bond donors (Lipinski definition) is 0. The van der Waals surface area contributed by atoms with Gasteiger partial charge in [-0.15, -0.1) is 0 Å². The van der Waals surface area contributed by atoms with Crippen molar-refractivity contribution < 1.29 is 0 Å². The molecule has 1 saturated carbocycles. The molecular formula is C14H21N. The molecule has 0 aromatic carbocycles. The number of rotatable bonds is 1. The zero-order valence-corrected chi connectivity index (χ0v) is 10.0. The Morgan fingerprint density at radius 2 is 2.00 bits per heavy atom. The molecule has 1 aromatic rings. The molecule has 1 aromatic heterocycles. The predicted octanol–water partition coefficient (Wildman–Crippen LogP) is 4.01. The molecule has 1 nitrogen and oxygen atoms in total. The molecule has 1 aliphatic rings. The number of aromatic nitrogens is 1. The Labute approximate surface area is 92.9 Å². The van der Waals surface area contributed by atoms with Crippen LogP contribution in [-0.4, -0.2) is 4.98 Å². The van der Waals surface area contributed by atoms with Crippen molar-refractivity contribution >= 4 is 0 Å². The molecule has 0 saturated heterocycles. The summed E-state index contributed by atoms with van der Waals surface area (Å²) >= 11 is 0. The maximum atomic E-state index is 4.48. The lowest BCUT2D eigenvalue weighted by Crippen LogP contribution is -2.17. The van der Waals surface area contributed by atoms with Crippen molar-refractivity contribution in [2.45, 2.75) is 46.0 Å². The minimum Gasteiger partial charge on any atom is -0.261 e. The predicted molar refractivity (Wildman–Crippen MR) is 63.8 cm³/mol. The topological polar surface area (TPSA) is 12.9 Å². The lowest BCUT2D eigenvalue weighted by atomic mass is 9.79. The quantitative estimate of drug-likeness (QED) is 0.672. The summed E-state index contributed by atoms with van der Waals surface area (Å²) in [6.45, 7) is 7.08. The average molecular weight is 203 g/mol. The molecule has 1 aliphatic carbocycles. The summed E-state index contributed by atoms with van der Waals surface area (Å²) in [5, 5.41) is 0. The van der Waals surface area contributed by atoms with Gasteiger partial charge in [-0.3, -0.25) is 4.98 Å². The van der Waals surface area contributed by atoms with Crippen LogP contribution >= 0.6 is 0 Å². The standard InChI is InChI=1S/C14H21N/c1-14(2,3)12-8-7-11(10-12)13-6-4-5-9-15-13/h4-6,9,11-12H,7-8,10H2,1-3H3. The van der Waals surface area contributed by atoms with Crippen LogP contribution in [0.4, 0.5) is 0 Å². The molecule has 0 amide bonds. The SMILES string of the molecule is CC(C)(C)C1CCC(c2ccccn2)C1. The first kappa shape index (κ1) is 10.7. The highest BCUT2D eigenvalue weighted by atomic mass is 14.7. The molecule has 1 heterocycles. The van der Waals surface area contributed by atoms with Gasteiger partial charge in [0.25, 0.3) is 0 Å². The molecule has 2 unspecified atom stereocenters. The van der Waals surface area contributed by atoms with Gasteiger partial charge in [-0.2, -0.15) is 0 Å². The first-order chi connectivity index (χ1) is 7.07. The van der Waals surface area contributed by atoms with E-state index in [-0.39, 0.29) is 0 Å². The summed E-state index contributed by atoms with van der Waals surface area (Å²) < 4.78 is 0. The fraction of sp³-hybridized carbons (Fsp3) is 0.643. The van der Waals surface area contributed by atoms with Gasteiger partial charge in [0.1, 0.15) is 0 Å². The van der Waals surface area contributed by atoms with Gasteiger partial charge in [0.2, 0.25) is 0 Å². The Balaban J connectivity index is 2.05. The highest BCUT2D eigenvalue weighted by Gasteiger charge is 2.33. The lowest BCUT2D eigenvalue weighted by molar-refractivity contribution is 0.244. The van der Waals surface area contributed by atoms with Crippen molar-refractivity contribution in [2.24, 2.45) is 11.3 Å². The van der Waals surface area contributed by atoms with E-state index in [1.165, 1.54) is 25.0 Å². The van der Waals surface area contributed by atoms with Crippen LogP contribution in [0.2, 0.25) is 0 Å². The van der Waals surface area contributed by atoms with Gasteiger partial charge in [-0.25, -0.2) is 0 Å². The molecule has 82 valence electrons. The van der Waals surface area contributed by atoms with Gasteiger partial charge >= 0.3 is 0 Å².